The topological polar surface area (TPSA) is 139 Å². The molecular formula is C31H29F2N7O4. The third-order valence-corrected chi connectivity index (χ3v) is 6.73. The molecule has 0 bridgehead atoms. The molecule has 5 rings (SSSR count). The van der Waals surface area contributed by atoms with Crippen LogP contribution in [0.1, 0.15) is 43.6 Å². The third kappa shape index (κ3) is 5.98. The number of hydrogen-bond acceptors (Lipinski definition) is 7. The molecule has 13 heteroatoms. The van der Waals surface area contributed by atoms with Gasteiger partial charge in [-0.1, -0.05) is 6.92 Å². The molecule has 0 aliphatic rings. The zero-order valence-corrected chi connectivity index (χ0v) is 24.1. The molecule has 44 heavy (non-hydrogen) atoms. The monoisotopic (exact) mass is 601 g/mol. The van der Waals surface area contributed by atoms with Crippen LogP contribution in [-0.2, 0) is 6.54 Å². The largest absolute Gasteiger partial charge is 0.453 e. The average Bonchev–Trinajstić information content (AvgIpc) is 3.43. The number of anilines is 2. The summed E-state index contributed by atoms with van der Waals surface area (Å²) in [5.41, 5.74) is 5.37. The van der Waals surface area contributed by atoms with Crippen molar-refractivity contribution in [2.45, 2.75) is 39.8 Å². The summed E-state index contributed by atoms with van der Waals surface area (Å²) in [4.78, 5) is 43.7. The highest BCUT2D eigenvalue weighted by Crippen LogP contribution is 2.37. The van der Waals surface area contributed by atoms with Crippen LogP contribution < -0.4 is 27.0 Å². The summed E-state index contributed by atoms with van der Waals surface area (Å²) in [5, 5.41) is 6.81. The number of carbonyl (C=O) groups excluding carboxylic acids is 1. The Hall–Kier alpha value is -5.59. The highest BCUT2D eigenvalue weighted by atomic mass is 19.1. The van der Waals surface area contributed by atoms with Gasteiger partial charge in [0.05, 0.1) is 17.4 Å². The molecule has 0 spiro atoms. The quantitative estimate of drug-likeness (QED) is 0.238. The second kappa shape index (κ2) is 12.3. The molecule has 11 nitrogen and oxygen atoms in total. The van der Waals surface area contributed by atoms with Crippen LogP contribution in [0.3, 0.4) is 0 Å². The molecule has 0 radical (unpaired) electrons. The molecule has 0 saturated carbocycles. The number of ether oxygens (including phenoxy) is 1. The van der Waals surface area contributed by atoms with E-state index < -0.39 is 34.8 Å². The van der Waals surface area contributed by atoms with Gasteiger partial charge in [0.15, 0.2) is 11.6 Å². The Morgan fingerprint density at radius 2 is 1.80 bits per heavy atom. The van der Waals surface area contributed by atoms with Gasteiger partial charge in [-0.3, -0.25) is 18.8 Å². The molecule has 3 aromatic heterocycles. The third-order valence-electron chi connectivity index (χ3n) is 6.73. The van der Waals surface area contributed by atoms with Crippen LogP contribution in [0.25, 0.3) is 16.8 Å². The van der Waals surface area contributed by atoms with Crippen molar-refractivity contribution in [1.29, 1.82) is 0 Å². The van der Waals surface area contributed by atoms with Gasteiger partial charge < -0.3 is 15.8 Å². The van der Waals surface area contributed by atoms with Crippen LogP contribution in [-0.4, -0.2) is 29.8 Å². The van der Waals surface area contributed by atoms with E-state index in [0.29, 0.717) is 17.7 Å². The molecule has 0 aliphatic carbocycles. The predicted octanol–water partition coefficient (Wildman–Crippen LogP) is 5.15. The fourth-order valence-corrected chi connectivity index (χ4v) is 4.57. The number of nitrogen functional groups attached to an aromatic ring is 1. The van der Waals surface area contributed by atoms with Crippen molar-refractivity contribution in [1.82, 2.24) is 23.9 Å². The summed E-state index contributed by atoms with van der Waals surface area (Å²) in [5.74, 6) is -1.95. The average molecular weight is 602 g/mol. The number of aromatic nitrogens is 5. The van der Waals surface area contributed by atoms with Crippen molar-refractivity contribution in [2.75, 3.05) is 11.1 Å². The number of amides is 1. The van der Waals surface area contributed by atoms with Gasteiger partial charge in [-0.15, -0.1) is 0 Å². The van der Waals surface area contributed by atoms with Gasteiger partial charge in [0.2, 0.25) is 0 Å². The van der Waals surface area contributed by atoms with E-state index >= 15 is 4.39 Å². The molecule has 2 aromatic carbocycles. The second-order valence-corrected chi connectivity index (χ2v) is 10.2. The Kier molecular flexibility index (Phi) is 8.38. The minimum Gasteiger partial charge on any atom is -0.453 e. The first-order valence-electron chi connectivity index (χ1n) is 13.8. The second-order valence-electron chi connectivity index (χ2n) is 10.2. The van der Waals surface area contributed by atoms with E-state index in [1.807, 2.05) is 6.92 Å². The number of halogens is 2. The van der Waals surface area contributed by atoms with E-state index in [1.165, 1.54) is 35.0 Å². The number of carbonyl (C=O) groups is 1. The van der Waals surface area contributed by atoms with Gasteiger partial charge in [-0.25, -0.2) is 23.1 Å². The molecule has 0 aliphatic heterocycles. The van der Waals surface area contributed by atoms with Gasteiger partial charge in [-0.2, -0.15) is 5.10 Å². The molecule has 3 heterocycles. The van der Waals surface area contributed by atoms with Gasteiger partial charge in [0, 0.05) is 48.5 Å². The van der Waals surface area contributed by atoms with Crippen molar-refractivity contribution in [3.63, 3.8) is 0 Å². The molecule has 0 atom stereocenters. The van der Waals surface area contributed by atoms with Crippen LogP contribution in [0, 0.1) is 11.6 Å². The molecule has 0 saturated heterocycles. The Labute approximate surface area is 250 Å². The fourth-order valence-electron chi connectivity index (χ4n) is 4.57. The number of nitrogens with one attached hydrogen (secondary N) is 1. The first-order chi connectivity index (χ1) is 21.1. The van der Waals surface area contributed by atoms with Crippen LogP contribution in [0.15, 0.2) is 82.9 Å². The first-order valence-corrected chi connectivity index (χ1v) is 13.8. The summed E-state index contributed by atoms with van der Waals surface area (Å²) >= 11 is 0. The van der Waals surface area contributed by atoms with E-state index in [0.717, 1.165) is 35.4 Å². The number of rotatable bonds is 9. The Morgan fingerprint density at radius 3 is 2.48 bits per heavy atom. The summed E-state index contributed by atoms with van der Waals surface area (Å²) < 4.78 is 38.4. The summed E-state index contributed by atoms with van der Waals surface area (Å²) in [7, 11) is 0. The van der Waals surface area contributed by atoms with Crippen molar-refractivity contribution in [2.24, 2.45) is 0 Å². The maximum atomic E-state index is 15.3. The molecule has 0 fully saturated rings. The normalized spacial score (nSPS) is 11.1. The SMILES string of the molecule is CCCn1cc(-c2c(Oc3ccc(NC(=O)c4cn(C(C)C)c(=O)n(-c5ccc(F)cc5)c4=O)cc3F)ccnc2N)cn1. The van der Waals surface area contributed by atoms with Gasteiger partial charge in [-0.05, 0) is 62.7 Å². The van der Waals surface area contributed by atoms with Crippen molar-refractivity contribution >= 4 is 17.4 Å². The van der Waals surface area contributed by atoms with E-state index in [2.05, 4.69) is 15.4 Å². The Bertz CT molecular complexity index is 1960. The lowest BCUT2D eigenvalue weighted by atomic mass is 10.1. The number of nitrogens with two attached hydrogens (primary N) is 1. The Morgan fingerprint density at radius 1 is 1.05 bits per heavy atom. The minimum atomic E-state index is -0.915. The first kappa shape index (κ1) is 29.9. The summed E-state index contributed by atoms with van der Waals surface area (Å²) in [6.07, 6.45) is 6.89. The highest BCUT2D eigenvalue weighted by molar-refractivity contribution is 6.03. The van der Waals surface area contributed by atoms with E-state index in [4.69, 9.17) is 10.5 Å². The maximum absolute atomic E-state index is 15.3. The molecule has 3 N–H and O–H groups in total. The zero-order chi connectivity index (χ0) is 31.5. The number of pyridine rings is 1. The molecule has 5 aromatic rings. The van der Waals surface area contributed by atoms with E-state index in [1.54, 1.807) is 37.0 Å². The maximum Gasteiger partial charge on any atom is 0.335 e. The number of aryl methyl sites for hydroxylation is 1. The van der Waals surface area contributed by atoms with Crippen LogP contribution >= 0.6 is 0 Å². The minimum absolute atomic E-state index is 0.0326. The lowest BCUT2D eigenvalue weighted by Crippen LogP contribution is -2.42. The molecule has 0 unspecified atom stereocenters. The van der Waals surface area contributed by atoms with E-state index in [-0.39, 0.29) is 34.3 Å². The number of hydrogen-bond donors (Lipinski definition) is 2. The zero-order valence-electron chi connectivity index (χ0n) is 24.1. The van der Waals surface area contributed by atoms with Gasteiger partial charge >= 0.3 is 5.69 Å². The fraction of sp³-hybridized carbons (Fsp3) is 0.194. The summed E-state index contributed by atoms with van der Waals surface area (Å²) in [6, 6.07) is 9.61. The lowest BCUT2D eigenvalue weighted by molar-refractivity contribution is 0.102. The number of benzene rings is 2. The molecule has 226 valence electrons. The predicted molar refractivity (Wildman–Crippen MR) is 161 cm³/mol. The standard InChI is InChI=1S/C31H29F2N7O4/c1-4-13-38-16-19(15-36-38)27-26(11-12-35-28(27)34)44-25-10-7-21(14-24(25)33)37-29(41)23-17-39(18(2)3)31(43)40(30(23)42)22-8-5-20(32)6-9-22/h5-12,14-18H,4,13H2,1-3H3,(H2,34,35)(H,37,41). The molecular weight excluding hydrogens is 572 g/mol. The smallest absolute Gasteiger partial charge is 0.335 e. The van der Waals surface area contributed by atoms with Crippen LogP contribution in [0.4, 0.5) is 20.3 Å². The Balaban J connectivity index is 1.43. The number of nitrogens with zero attached hydrogens (tertiary/aromatic N) is 5. The van der Waals surface area contributed by atoms with Crippen molar-refractivity contribution in [3.8, 4) is 28.3 Å². The molecule has 1 amide bonds. The summed E-state index contributed by atoms with van der Waals surface area (Å²) in [6.45, 7) is 6.14. The van der Waals surface area contributed by atoms with Gasteiger partial charge in [0.1, 0.15) is 22.9 Å². The lowest BCUT2D eigenvalue weighted by Gasteiger charge is -2.16. The van der Waals surface area contributed by atoms with Crippen LogP contribution in [0.2, 0.25) is 0 Å². The van der Waals surface area contributed by atoms with Crippen molar-refractivity contribution in [3.05, 3.63) is 111 Å². The van der Waals surface area contributed by atoms with Gasteiger partial charge in [0.25, 0.3) is 11.5 Å². The van der Waals surface area contributed by atoms with Crippen molar-refractivity contribution < 1.29 is 18.3 Å². The van der Waals surface area contributed by atoms with Crippen LogP contribution in [0.5, 0.6) is 11.5 Å². The highest BCUT2D eigenvalue weighted by Gasteiger charge is 2.21. The van der Waals surface area contributed by atoms with E-state index in [9.17, 15) is 18.8 Å².